The molecule has 1 fully saturated rings. The molecule has 1 saturated heterocycles. The van der Waals surface area contributed by atoms with Gasteiger partial charge in [-0.2, -0.15) is 0 Å². The standard InChI is InChI=1S/C24H26N4O6S2/c1-32-20-11-17(34-16-3-4-21(25-13-16)36(2,30)31)9-15-10-19(27-23(15)20)24-26-14-18(35-24)12-22(29)28-5-7-33-8-6-28/h3-4,9-11,13,18,27H,5-8,12,14H2,1-2H3. The van der Waals surface area contributed by atoms with E-state index in [4.69, 9.17) is 14.2 Å². The van der Waals surface area contributed by atoms with Gasteiger partial charge >= 0.3 is 0 Å². The smallest absolute Gasteiger partial charge is 0.223 e. The summed E-state index contributed by atoms with van der Waals surface area (Å²) in [4.78, 5) is 26.5. The Morgan fingerprint density at radius 1 is 1.22 bits per heavy atom. The second-order valence-electron chi connectivity index (χ2n) is 8.56. The normalized spacial score (nSPS) is 18.3. The van der Waals surface area contributed by atoms with Gasteiger partial charge in [-0.25, -0.2) is 13.4 Å². The van der Waals surface area contributed by atoms with Crippen LogP contribution in [0.15, 0.2) is 46.5 Å². The summed E-state index contributed by atoms with van der Waals surface area (Å²) in [5.74, 6) is 1.67. The number of carbonyl (C=O) groups excluding carboxylic acids is 1. The fraction of sp³-hybridized carbons (Fsp3) is 0.375. The van der Waals surface area contributed by atoms with Crippen molar-refractivity contribution in [1.82, 2.24) is 14.9 Å². The van der Waals surface area contributed by atoms with Gasteiger partial charge in [0.2, 0.25) is 5.91 Å². The van der Waals surface area contributed by atoms with Gasteiger partial charge in [0.15, 0.2) is 14.9 Å². The van der Waals surface area contributed by atoms with Gasteiger partial charge in [-0.05, 0) is 24.3 Å². The Hall–Kier alpha value is -3.09. The predicted octanol–water partition coefficient (Wildman–Crippen LogP) is 2.88. The van der Waals surface area contributed by atoms with Gasteiger partial charge in [0.1, 0.15) is 22.3 Å². The Bertz CT molecular complexity index is 1410. The molecule has 2 aliphatic heterocycles. The van der Waals surface area contributed by atoms with Crippen molar-refractivity contribution in [2.24, 2.45) is 4.99 Å². The number of aliphatic imine (C=N–C) groups is 1. The molecule has 10 nitrogen and oxygen atoms in total. The number of rotatable bonds is 7. The molecule has 1 amide bonds. The summed E-state index contributed by atoms with van der Waals surface area (Å²) in [5.41, 5.74) is 1.66. The lowest BCUT2D eigenvalue weighted by Crippen LogP contribution is -2.41. The molecule has 0 radical (unpaired) electrons. The molecule has 2 aliphatic rings. The van der Waals surface area contributed by atoms with E-state index >= 15 is 0 Å². The Balaban J connectivity index is 1.30. The number of hydrogen-bond donors (Lipinski definition) is 1. The van der Waals surface area contributed by atoms with Gasteiger partial charge in [-0.1, -0.05) is 11.8 Å². The molecule has 36 heavy (non-hydrogen) atoms. The molecule has 2 aromatic heterocycles. The molecular weight excluding hydrogens is 504 g/mol. The molecule has 12 heteroatoms. The third kappa shape index (κ3) is 5.35. The molecular formula is C24H26N4O6S2. The van der Waals surface area contributed by atoms with E-state index in [9.17, 15) is 13.2 Å². The summed E-state index contributed by atoms with van der Waals surface area (Å²) in [6, 6.07) is 8.56. The number of nitrogens with one attached hydrogen (secondary N) is 1. The van der Waals surface area contributed by atoms with Crippen LogP contribution in [0.2, 0.25) is 0 Å². The molecule has 4 heterocycles. The monoisotopic (exact) mass is 530 g/mol. The second-order valence-corrected chi connectivity index (χ2v) is 11.8. The van der Waals surface area contributed by atoms with E-state index < -0.39 is 9.84 Å². The van der Waals surface area contributed by atoms with Crippen molar-refractivity contribution in [2.45, 2.75) is 16.7 Å². The predicted molar refractivity (Wildman–Crippen MR) is 137 cm³/mol. The van der Waals surface area contributed by atoms with Crippen LogP contribution in [0.3, 0.4) is 0 Å². The van der Waals surface area contributed by atoms with E-state index in [0.29, 0.717) is 56.5 Å². The Morgan fingerprint density at radius 2 is 2.03 bits per heavy atom. The van der Waals surface area contributed by atoms with Crippen LogP contribution in [-0.4, -0.2) is 85.7 Å². The van der Waals surface area contributed by atoms with E-state index in [0.717, 1.165) is 27.9 Å². The van der Waals surface area contributed by atoms with Crippen molar-refractivity contribution in [3.63, 3.8) is 0 Å². The number of amides is 1. The number of methoxy groups -OCH3 is 1. The largest absolute Gasteiger partial charge is 0.494 e. The maximum atomic E-state index is 12.6. The van der Waals surface area contributed by atoms with E-state index in [1.165, 1.54) is 12.3 Å². The lowest BCUT2D eigenvalue weighted by molar-refractivity contribution is -0.135. The molecule has 190 valence electrons. The van der Waals surface area contributed by atoms with Crippen molar-refractivity contribution in [3.8, 4) is 17.2 Å². The lowest BCUT2D eigenvalue weighted by atomic mass is 10.2. The molecule has 3 aromatic rings. The highest BCUT2D eigenvalue weighted by Gasteiger charge is 2.27. The maximum Gasteiger partial charge on any atom is 0.223 e. The van der Waals surface area contributed by atoms with Gasteiger partial charge < -0.3 is 24.1 Å². The fourth-order valence-electron chi connectivity index (χ4n) is 4.11. The van der Waals surface area contributed by atoms with Gasteiger partial charge in [0, 0.05) is 42.5 Å². The van der Waals surface area contributed by atoms with Gasteiger partial charge in [-0.15, -0.1) is 0 Å². The van der Waals surface area contributed by atoms with E-state index in [1.807, 2.05) is 17.0 Å². The summed E-state index contributed by atoms with van der Waals surface area (Å²) in [5, 5.41) is 1.81. The Morgan fingerprint density at radius 3 is 2.72 bits per heavy atom. The first-order valence-corrected chi connectivity index (χ1v) is 14.2. The number of hydrogen-bond acceptors (Lipinski definition) is 9. The zero-order chi connectivity index (χ0) is 25.3. The molecule has 0 aliphatic carbocycles. The third-order valence-corrected chi connectivity index (χ3v) is 8.15. The van der Waals surface area contributed by atoms with Crippen molar-refractivity contribution >= 4 is 43.5 Å². The first-order valence-electron chi connectivity index (χ1n) is 11.4. The average molecular weight is 531 g/mol. The van der Waals surface area contributed by atoms with Crippen LogP contribution in [0.5, 0.6) is 17.2 Å². The summed E-state index contributed by atoms with van der Waals surface area (Å²) in [6.07, 6.45) is 2.93. The molecule has 5 rings (SSSR count). The number of H-pyrrole nitrogens is 1. The average Bonchev–Trinajstić information content (AvgIpc) is 3.51. The first-order chi connectivity index (χ1) is 17.3. The number of nitrogens with zero attached hydrogens (tertiary/aromatic N) is 3. The zero-order valence-corrected chi connectivity index (χ0v) is 21.5. The van der Waals surface area contributed by atoms with Crippen LogP contribution in [-0.2, 0) is 19.4 Å². The van der Waals surface area contributed by atoms with Crippen LogP contribution in [0.25, 0.3) is 10.9 Å². The third-order valence-electron chi connectivity index (χ3n) is 5.92. The van der Waals surface area contributed by atoms with E-state index in [1.54, 1.807) is 31.0 Å². The minimum absolute atomic E-state index is 0.0158. The number of ether oxygens (including phenoxy) is 3. The molecule has 1 atom stereocenters. The molecule has 0 bridgehead atoms. The van der Waals surface area contributed by atoms with Crippen LogP contribution >= 0.6 is 11.8 Å². The maximum absolute atomic E-state index is 12.6. The number of thioether (sulfide) groups is 1. The minimum atomic E-state index is -3.38. The number of carbonyl (C=O) groups is 1. The van der Waals surface area contributed by atoms with Crippen molar-refractivity contribution in [2.75, 3.05) is 46.2 Å². The Labute approximate surface area is 213 Å². The molecule has 0 spiro atoms. The van der Waals surface area contributed by atoms with Gasteiger partial charge in [-0.3, -0.25) is 9.79 Å². The summed E-state index contributed by atoms with van der Waals surface area (Å²) >= 11 is 1.61. The quantitative estimate of drug-likeness (QED) is 0.495. The number of pyridine rings is 1. The number of sulfone groups is 1. The number of morpholine rings is 1. The van der Waals surface area contributed by atoms with E-state index in [2.05, 4.69) is 15.0 Å². The van der Waals surface area contributed by atoms with Crippen LogP contribution < -0.4 is 9.47 Å². The van der Waals surface area contributed by atoms with Crippen molar-refractivity contribution in [1.29, 1.82) is 0 Å². The highest BCUT2D eigenvalue weighted by molar-refractivity contribution is 8.15. The topological polar surface area (TPSA) is 123 Å². The summed E-state index contributed by atoms with van der Waals surface area (Å²) in [6.45, 7) is 3.07. The van der Waals surface area contributed by atoms with Crippen LogP contribution in [0.1, 0.15) is 12.1 Å². The first kappa shape index (κ1) is 24.6. The number of aromatic amines is 1. The molecule has 1 aromatic carbocycles. The molecule has 1 N–H and O–H groups in total. The number of aromatic nitrogens is 2. The fourth-order valence-corrected chi connectivity index (χ4v) is 5.75. The Kier molecular flexibility index (Phi) is 6.91. The second kappa shape index (κ2) is 10.1. The van der Waals surface area contributed by atoms with Gasteiger partial charge in [0.05, 0.1) is 44.3 Å². The molecule has 0 saturated carbocycles. The lowest BCUT2D eigenvalue weighted by Gasteiger charge is -2.27. The van der Waals surface area contributed by atoms with Crippen LogP contribution in [0, 0.1) is 0 Å². The zero-order valence-electron chi connectivity index (χ0n) is 19.9. The highest BCUT2D eigenvalue weighted by atomic mass is 32.2. The summed E-state index contributed by atoms with van der Waals surface area (Å²) in [7, 11) is -1.80. The van der Waals surface area contributed by atoms with E-state index in [-0.39, 0.29) is 16.2 Å². The number of fused-ring (bicyclic) bond motifs is 1. The highest BCUT2D eigenvalue weighted by Crippen LogP contribution is 2.36. The SMILES string of the molecule is COc1cc(Oc2ccc(S(C)(=O)=O)nc2)cc2cc(C3=NCC(CC(=O)N4CCOCC4)S3)[nH]c12. The van der Waals surface area contributed by atoms with Crippen LogP contribution in [0.4, 0.5) is 0 Å². The van der Waals surface area contributed by atoms with Gasteiger partial charge in [0.25, 0.3) is 0 Å². The number of benzene rings is 1. The minimum Gasteiger partial charge on any atom is -0.494 e. The van der Waals surface area contributed by atoms with Crippen molar-refractivity contribution < 1.29 is 27.4 Å². The molecule has 1 unspecified atom stereocenters. The summed E-state index contributed by atoms with van der Waals surface area (Å²) < 4.78 is 40.1. The van der Waals surface area contributed by atoms with Crippen molar-refractivity contribution in [3.05, 3.63) is 42.2 Å².